The maximum absolute atomic E-state index is 16.9. The number of pyridine rings is 2. The highest BCUT2D eigenvalue weighted by Gasteiger charge is 2.40. The predicted molar refractivity (Wildman–Crippen MR) is 263 cm³/mol. The van der Waals surface area contributed by atoms with E-state index in [1.807, 2.05) is 164 Å². The van der Waals surface area contributed by atoms with Crippen molar-refractivity contribution in [2.45, 2.75) is 6.18 Å². The van der Waals surface area contributed by atoms with Crippen molar-refractivity contribution >= 4 is 43.6 Å². The highest BCUT2D eigenvalue weighted by atomic mass is 19.4. The van der Waals surface area contributed by atoms with Crippen molar-refractivity contribution in [3.63, 3.8) is 0 Å². The summed E-state index contributed by atoms with van der Waals surface area (Å²) in [5, 5.41) is 2.87. The number of aromatic nitrogens is 4. The van der Waals surface area contributed by atoms with Crippen LogP contribution in [0, 0.1) is 11.6 Å². The van der Waals surface area contributed by atoms with Crippen molar-refractivity contribution in [1.29, 1.82) is 0 Å². The normalized spacial score (nSPS) is 11.9. The molecule has 12 aromatic rings. The SMILES string of the molecule is Fc1cc(F)cc(-c2ccc(-n3c4ccccc4c4ccc(-c5cccc(-c6ccccc6)n5)cc43)c(C(F)(F)F)c2-n2c3ccccc3c3ccc(-c4cccc(-c5ccccc5)n4)cc32)c1. The number of halogens is 5. The molecule has 0 bridgehead atoms. The Kier molecular flexibility index (Phi) is 9.62. The van der Waals surface area contributed by atoms with Gasteiger partial charge in [0.1, 0.15) is 17.2 Å². The fourth-order valence-corrected chi connectivity index (χ4v) is 9.71. The second kappa shape index (κ2) is 16.0. The zero-order valence-electron chi connectivity index (χ0n) is 35.9. The third kappa shape index (κ3) is 6.90. The Labute approximate surface area is 386 Å². The van der Waals surface area contributed by atoms with Crippen LogP contribution in [0.3, 0.4) is 0 Å². The smallest absolute Gasteiger partial charge is 0.309 e. The average molecular weight is 895 g/mol. The van der Waals surface area contributed by atoms with E-state index < -0.39 is 23.4 Å². The van der Waals surface area contributed by atoms with Crippen molar-refractivity contribution in [2.24, 2.45) is 0 Å². The van der Waals surface area contributed by atoms with Crippen LogP contribution in [0.25, 0.3) is 111 Å². The molecule has 0 amide bonds. The lowest BCUT2D eigenvalue weighted by atomic mass is 9.96. The molecule has 12 rings (SSSR count). The van der Waals surface area contributed by atoms with E-state index in [9.17, 15) is 0 Å². The summed E-state index contributed by atoms with van der Waals surface area (Å²) in [4.78, 5) is 9.98. The molecular weight excluding hydrogens is 860 g/mol. The largest absolute Gasteiger partial charge is 0.420 e. The van der Waals surface area contributed by atoms with Crippen molar-refractivity contribution < 1.29 is 22.0 Å². The lowest BCUT2D eigenvalue weighted by Crippen LogP contribution is -2.17. The molecule has 0 unspecified atom stereocenters. The van der Waals surface area contributed by atoms with Gasteiger partial charge in [-0.25, -0.2) is 18.7 Å². The molecule has 0 aliphatic heterocycles. The molecule has 4 nitrogen and oxygen atoms in total. The second-order valence-electron chi connectivity index (χ2n) is 16.7. The Morgan fingerprint density at radius 3 is 1.29 bits per heavy atom. The Morgan fingerprint density at radius 1 is 0.338 bits per heavy atom. The van der Waals surface area contributed by atoms with E-state index in [1.165, 1.54) is 6.07 Å². The van der Waals surface area contributed by atoms with E-state index in [1.54, 1.807) is 33.4 Å². The lowest BCUT2D eigenvalue weighted by molar-refractivity contribution is -0.137. The quantitative estimate of drug-likeness (QED) is 0.149. The van der Waals surface area contributed by atoms with Crippen LogP contribution < -0.4 is 0 Å². The summed E-state index contributed by atoms with van der Waals surface area (Å²) in [6.45, 7) is 0. The molecule has 0 saturated heterocycles. The Morgan fingerprint density at radius 2 is 0.779 bits per heavy atom. The van der Waals surface area contributed by atoms with E-state index in [0.717, 1.165) is 45.4 Å². The standard InChI is InChI=1S/C59H35F5N4/c60-41-31-40(32-42(61)35-41)43-29-30-54(67-52-23-9-7-17-44(52)46-27-25-38(33-55(46)67)50-21-11-19-48(65-50)36-13-3-1-4-14-36)57(59(62,63)64)58(43)68-53-24-10-8-18-45(53)47-28-26-39(34-56(47)68)51-22-12-20-49(66-51)37-15-5-2-6-16-37/h1-35H. The number of fused-ring (bicyclic) bond motifs is 6. The predicted octanol–water partition coefficient (Wildman–Crippen LogP) is 16.3. The van der Waals surface area contributed by atoms with Gasteiger partial charge in [-0.05, 0) is 72.3 Å². The van der Waals surface area contributed by atoms with E-state index in [2.05, 4.69) is 0 Å². The van der Waals surface area contributed by atoms with Crippen molar-refractivity contribution in [3.05, 3.63) is 230 Å². The number of alkyl halides is 3. The summed E-state index contributed by atoms with van der Waals surface area (Å²) >= 11 is 0. The van der Waals surface area contributed by atoms with Crippen LogP contribution in [0.1, 0.15) is 5.56 Å². The number of hydrogen-bond donors (Lipinski definition) is 0. The van der Waals surface area contributed by atoms with E-state index in [-0.39, 0.29) is 22.5 Å². The van der Waals surface area contributed by atoms with Crippen molar-refractivity contribution in [1.82, 2.24) is 19.1 Å². The summed E-state index contributed by atoms with van der Waals surface area (Å²) in [5.41, 5.74) is 6.46. The van der Waals surface area contributed by atoms with Gasteiger partial charge in [0.15, 0.2) is 0 Å². The van der Waals surface area contributed by atoms with Crippen LogP contribution in [0.5, 0.6) is 0 Å². The van der Waals surface area contributed by atoms with Gasteiger partial charge in [0.25, 0.3) is 0 Å². The molecule has 4 aromatic heterocycles. The molecule has 4 heterocycles. The fraction of sp³-hybridized carbons (Fsp3) is 0.0169. The molecular formula is C59H35F5N4. The average Bonchev–Trinajstić information content (AvgIpc) is 3.88. The van der Waals surface area contributed by atoms with Gasteiger partial charge < -0.3 is 9.13 Å². The molecule has 0 spiro atoms. The first kappa shape index (κ1) is 40.8. The van der Waals surface area contributed by atoms with Crippen molar-refractivity contribution in [2.75, 3.05) is 0 Å². The van der Waals surface area contributed by atoms with E-state index >= 15 is 22.0 Å². The van der Waals surface area contributed by atoms with Crippen LogP contribution >= 0.6 is 0 Å². The molecule has 8 aromatic carbocycles. The molecule has 0 saturated carbocycles. The fourth-order valence-electron chi connectivity index (χ4n) is 9.71. The Balaban J connectivity index is 1.17. The summed E-state index contributed by atoms with van der Waals surface area (Å²) in [6.07, 6.45) is -5.02. The van der Waals surface area contributed by atoms with Crippen LogP contribution in [0.4, 0.5) is 22.0 Å². The first-order valence-electron chi connectivity index (χ1n) is 22.0. The number of benzene rings is 8. The van der Waals surface area contributed by atoms with Gasteiger partial charge in [-0.1, -0.05) is 140 Å². The topological polar surface area (TPSA) is 35.6 Å². The minimum absolute atomic E-state index is 0.0138. The van der Waals surface area contributed by atoms with Gasteiger partial charge in [0, 0.05) is 55.4 Å². The highest BCUT2D eigenvalue weighted by molar-refractivity contribution is 6.12. The summed E-state index contributed by atoms with van der Waals surface area (Å²) < 4.78 is 84.4. The molecule has 0 N–H and O–H groups in total. The van der Waals surface area contributed by atoms with Gasteiger partial charge in [0.2, 0.25) is 0 Å². The van der Waals surface area contributed by atoms with Crippen LogP contribution in [-0.4, -0.2) is 19.1 Å². The number of hydrogen-bond acceptors (Lipinski definition) is 2. The first-order chi connectivity index (χ1) is 33.2. The third-order valence-corrected chi connectivity index (χ3v) is 12.7. The summed E-state index contributed by atoms with van der Waals surface area (Å²) in [7, 11) is 0. The molecule has 68 heavy (non-hydrogen) atoms. The molecule has 0 radical (unpaired) electrons. The molecule has 0 fully saturated rings. The van der Waals surface area contributed by atoms with Gasteiger partial charge in [-0.15, -0.1) is 0 Å². The third-order valence-electron chi connectivity index (χ3n) is 12.7. The van der Waals surface area contributed by atoms with Gasteiger partial charge >= 0.3 is 6.18 Å². The maximum Gasteiger partial charge on any atom is 0.420 e. The first-order valence-corrected chi connectivity index (χ1v) is 22.0. The molecule has 0 aliphatic rings. The molecule has 0 atom stereocenters. The minimum Gasteiger partial charge on any atom is -0.309 e. The van der Waals surface area contributed by atoms with Crippen LogP contribution in [0.15, 0.2) is 212 Å². The molecule has 9 heteroatoms. The lowest BCUT2D eigenvalue weighted by Gasteiger charge is -2.24. The number of para-hydroxylation sites is 2. The molecule has 326 valence electrons. The van der Waals surface area contributed by atoms with Gasteiger partial charge in [-0.2, -0.15) is 13.2 Å². The monoisotopic (exact) mass is 894 g/mol. The maximum atomic E-state index is 16.9. The number of rotatable bonds is 7. The minimum atomic E-state index is -5.02. The zero-order chi connectivity index (χ0) is 46.1. The summed E-state index contributed by atoms with van der Waals surface area (Å²) in [5.74, 6) is -1.84. The van der Waals surface area contributed by atoms with Crippen LogP contribution in [0.2, 0.25) is 0 Å². The van der Waals surface area contributed by atoms with Gasteiger partial charge in [0.05, 0.1) is 56.2 Å². The summed E-state index contributed by atoms with van der Waals surface area (Å²) in [6, 6.07) is 62.8. The van der Waals surface area contributed by atoms with Gasteiger partial charge in [-0.3, -0.25) is 0 Å². The number of nitrogens with zero attached hydrogens (tertiary/aromatic N) is 4. The Hall–Kier alpha value is -8.69. The van der Waals surface area contributed by atoms with E-state index in [0.29, 0.717) is 61.4 Å². The molecule has 0 aliphatic carbocycles. The van der Waals surface area contributed by atoms with E-state index in [4.69, 9.17) is 9.97 Å². The second-order valence-corrected chi connectivity index (χ2v) is 16.7. The highest BCUT2D eigenvalue weighted by Crippen LogP contribution is 2.48. The zero-order valence-corrected chi connectivity index (χ0v) is 35.9. The Bertz CT molecular complexity index is 3910. The van der Waals surface area contributed by atoms with Crippen LogP contribution in [-0.2, 0) is 6.18 Å². The van der Waals surface area contributed by atoms with Crippen molar-refractivity contribution in [3.8, 4) is 67.5 Å².